The van der Waals surface area contributed by atoms with Crippen molar-refractivity contribution in [1.29, 1.82) is 0 Å². The highest BCUT2D eigenvalue weighted by Crippen LogP contribution is 2.17. The number of allylic oxidation sites excluding steroid dienone is 18. The lowest BCUT2D eigenvalue weighted by molar-refractivity contribution is -0.870. The fourth-order valence-corrected chi connectivity index (χ4v) is 9.31. The molecule has 9 nitrogen and oxygen atoms in total. The molecule has 83 heavy (non-hydrogen) atoms. The zero-order chi connectivity index (χ0) is 60.5. The number of unbranched alkanes of at least 4 members (excludes halogenated alkanes) is 29. The number of nitrogens with zero attached hydrogens (tertiary/aromatic N) is 1. The summed E-state index contributed by atoms with van der Waals surface area (Å²) in [4.78, 5) is 37.4. The van der Waals surface area contributed by atoms with Gasteiger partial charge in [0.2, 0.25) is 0 Å². The first kappa shape index (κ1) is 79.0. The summed E-state index contributed by atoms with van der Waals surface area (Å²) in [6.45, 7) is 4.61. The lowest BCUT2D eigenvalue weighted by Crippen LogP contribution is -2.44. The fraction of sp³-hybridized carbons (Fsp3) is 0.716. The van der Waals surface area contributed by atoms with Gasteiger partial charge in [0.15, 0.2) is 12.4 Å². The van der Waals surface area contributed by atoms with E-state index in [1.165, 1.54) is 154 Å². The van der Waals surface area contributed by atoms with Gasteiger partial charge in [-0.15, -0.1) is 0 Å². The summed E-state index contributed by atoms with van der Waals surface area (Å²) in [5.74, 6) is -2.29. The quantitative estimate of drug-likeness (QED) is 0.0195. The Labute approximate surface area is 511 Å². The van der Waals surface area contributed by atoms with E-state index in [4.69, 9.17) is 18.9 Å². The Morgan fingerprint density at radius 1 is 0.373 bits per heavy atom. The van der Waals surface area contributed by atoms with Gasteiger partial charge in [0, 0.05) is 12.8 Å². The van der Waals surface area contributed by atoms with Crippen LogP contribution < -0.4 is 5.11 Å². The number of carbonyl (C=O) groups excluding carboxylic acids is 3. The Morgan fingerprint density at radius 2 is 0.687 bits per heavy atom. The van der Waals surface area contributed by atoms with Crippen LogP contribution in [0.2, 0.25) is 0 Å². The van der Waals surface area contributed by atoms with Crippen LogP contribution in [0.5, 0.6) is 0 Å². The zero-order valence-electron chi connectivity index (χ0n) is 54.3. The number of esters is 2. The lowest BCUT2D eigenvalue weighted by atomic mass is 10.0. The second-order valence-corrected chi connectivity index (χ2v) is 23.7. The van der Waals surface area contributed by atoms with Gasteiger partial charge in [0.25, 0.3) is 0 Å². The molecule has 0 bridgehead atoms. The molecule has 0 saturated carbocycles. The van der Waals surface area contributed by atoms with Gasteiger partial charge in [-0.2, -0.15) is 0 Å². The number of likely N-dealkylation sites (N-methyl/N-ethyl adjacent to an activating group) is 1. The van der Waals surface area contributed by atoms with Gasteiger partial charge in [-0.3, -0.25) is 9.59 Å². The van der Waals surface area contributed by atoms with E-state index in [9.17, 15) is 19.5 Å². The first-order valence-corrected chi connectivity index (χ1v) is 34.0. The van der Waals surface area contributed by atoms with Gasteiger partial charge in [-0.25, -0.2) is 0 Å². The van der Waals surface area contributed by atoms with Crippen molar-refractivity contribution in [3.63, 3.8) is 0 Å². The van der Waals surface area contributed by atoms with Crippen LogP contribution in [0.4, 0.5) is 0 Å². The number of aliphatic carboxylic acids is 1. The minimum atomic E-state index is -1.63. The monoisotopic (exact) mass is 1160 g/mol. The highest BCUT2D eigenvalue weighted by Gasteiger charge is 2.22. The third kappa shape index (κ3) is 65.3. The van der Waals surface area contributed by atoms with Crippen LogP contribution in [-0.2, 0) is 33.3 Å². The molecule has 2 unspecified atom stereocenters. The Balaban J connectivity index is 4.06. The van der Waals surface area contributed by atoms with Crippen LogP contribution in [0.1, 0.15) is 284 Å². The predicted molar refractivity (Wildman–Crippen MR) is 352 cm³/mol. The molecule has 0 fully saturated rings. The number of rotatable bonds is 62. The molecule has 476 valence electrons. The first-order valence-electron chi connectivity index (χ1n) is 34.0. The van der Waals surface area contributed by atoms with E-state index in [-0.39, 0.29) is 38.6 Å². The van der Waals surface area contributed by atoms with Crippen molar-refractivity contribution in [2.45, 2.75) is 296 Å². The Hall–Kier alpha value is -4.05. The average molecular weight is 1160 g/mol. The molecule has 0 aliphatic carbocycles. The Bertz CT molecular complexity index is 1730. The molecule has 0 radical (unpaired) electrons. The summed E-state index contributed by atoms with van der Waals surface area (Å²) in [5, 5.41) is 11.8. The number of carbonyl (C=O) groups is 3. The maximum absolute atomic E-state index is 12.9. The summed E-state index contributed by atoms with van der Waals surface area (Å²) < 4.78 is 22.8. The van der Waals surface area contributed by atoms with Crippen molar-refractivity contribution < 1.29 is 42.9 Å². The van der Waals surface area contributed by atoms with Gasteiger partial charge in [-0.05, 0) is 103 Å². The van der Waals surface area contributed by atoms with Crippen LogP contribution in [0.25, 0.3) is 0 Å². The SMILES string of the molecule is CC/C=C\C/C=C\C/C=C\C/C=C\C/C=C\C/C=C\CCCCCCCCCCCCCCCCCCCCCCC(=O)OC(COC(=O)CCCCCCCC/C=C\C/C=C\C/C=C\CCCCC)COC(OCC[N+](C)(C)C)C(=O)[O-]. The van der Waals surface area contributed by atoms with Gasteiger partial charge < -0.3 is 33.3 Å². The lowest BCUT2D eigenvalue weighted by Gasteiger charge is -2.26. The second-order valence-electron chi connectivity index (χ2n) is 23.7. The van der Waals surface area contributed by atoms with E-state index < -0.39 is 24.3 Å². The van der Waals surface area contributed by atoms with E-state index in [0.29, 0.717) is 17.4 Å². The number of hydrogen-bond donors (Lipinski definition) is 0. The minimum absolute atomic E-state index is 0.143. The maximum Gasteiger partial charge on any atom is 0.306 e. The second kappa shape index (κ2) is 64.0. The minimum Gasteiger partial charge on any atom is -0.545 e. The van der Waals surface area contributed by atoms with Gasteiger partial charge >= 0.3 is 11.9 Å². The van der Waals surface area contributed by atoms with Gasteiger partial charge in [0.1, 0.15) is 13.2 Å². The smallest absolute Gasteiger partial charge is 0.306 e. The summed E-state index contributed by atoms with van der Waals surface area (Å²) in [5.41, 5.74) is 0. The van der Waals surface area contributed by atoms with Crippen LogP contribution in [-0.4, -0.2) is 82.3 Å². The summed E-state index contributed by atoms with van der Waals surface area (Å²) >= 11 is 0. The molecule has 9 heteroatoms. The molecule has 0 spiro atoms. The molecule has 0 rings (SSSR count). The number of hydrogen-bond acceptors (Lipinski definition) is 8. The summed E-state index contributed by atoms with van der Waals surface area (Å²) in [6, 6.07) is 0. The van der Waals surface area contributed by atoms with Crippen molar-refractivity contribution in [2.24, 2.45) is 0 Å². The highest BCUT2D eigenvalue weighted by atomic mass is 16.7. The normalized spacial score (nSPS) is 13.4. The third-order valence-electron chi connectivity index (χ3n) is 14.5. The molecule has 0 aliphatic rings. The summed E-state index contributed by atoms with van der Waals surface area (Å²) in [7, 11) is 5.92. The standard InChI is InChI=1S/C74H127NO8/c1-6-8-10-12-14-16-18-20-22-24-26-27-28-29-30-31-32-33-34-35-36-37-38-39-40-41-42-43-44-45-47-49-51-53-55-57-59-61-63-65-72(77)83-70(69-82-74(73(78)79)80-67-66-75(3,4)5)68-81-71(76)64-62-60-58-56-54-52-50-48-46-25-23-21-19-17-15-13-11-9-7-2/h8,10,14-17,20-23,26-27,29-30,32-33,46,48,70,74H,6-7,9,11-13,18-19,24-25,28,31,34-45,47,49-69H2,1-5H3/b10-8-,16-14-,17-15-,22-20-,23-21-,27-26-,30-29-,33-32-,48-46-. The molecular formula is C74H127NO8. The van der Waals surface area contributed by atoms with Crippen LogP contribution in [0, 0.1) is 0 Å². The topological polar surface area (TPSA) is 111 Å². The van der Waals surface area contributed by atoms with Crippen molar-refractivity contribution in [3.05, 3.63) is 109 Å². The molecule has 0 heterocycles. The van der Waals surface area contributed by atoms with E-state index >= 15 is 0 Å². The largest absolute Gasteiger partial charge is 0.545 e. The summed E-state index contributed by atoms with van der Waals surface area (Å²) in [6.07, 6.45) is 86.0. The molecule has 0 aliphatic heterocycles. The molecular weight excluding hydrogens is 1030 g/mol. The predicted octanol–water partition coefficient (Wildman–Crippen LogP) is 19.7. The van der Waals surface area contributed by atoms with Crippen LogP contribution in [0.15, 0.2) is 109 Å². The van der Waals surface area contributed by atoms with Gasteiger partial charge in [0.05, 0.1) is 40.3 Å². The Kier molecular flexibility index (Phi) is 60.8. The van der Waals surface area contributed by atoms with Crippen LogP contribution in [0.3, 0.4) is 0 Å². The molecule has 0 aromatic heterocycles. The molecule has 2 atom stereocenters. The fourth-order valence-electron chi connectivity index (χ4n) is 9.31. The van der Waals surface area contributed by atoms with E-state index in [0.717, 1.165) is 96.3 Å². The molecule has 0 aromatic rings. The van der Waals surface area contributed by atoms with Crippen molar-refractivity contribution >= 4 is 17.9 Å². The first-order chi connectivity index (χ1) is 40.6. The zero-order valence-corrected chi connectivity index (χ0v) is 54.3. The third-order valence-corrected chi connectivity index (χ3v) is 14.5. The maximum atomic E-state index is 12.9. The van der Waals surface area contributed by atoms with E-state index in [1.54, 1.807) is 0 Å². The number of quaternary nitrogens is 1. The number of carboxylic acid groups (broad SMARTS) is 1. The average Bonchev–Trinajstić information content (AvgIpc) is 3.46. The molecule has 0 amide bonds. The molecule has 0 N–H and O–H groups in total. The number of carboxylic acids is 1. The van der Waals surface area contributed by atoms with Gasteiger partial charge in [-0.1, -0.05) is 277 Å². The Morgan fingerprint density at radius 3 is 1.02 bits per heavy atom. The molecule has 0 aromatic carbocycles. The number of ether oxygens (including phenoxy) is 4. The van der Waals surface area contributed by atoms with E-state index in [1.807, 2.05) is 21.1 Å². The van der Waals surface area contributed by atoms with Crippen molar-refractivity contribution in [3.8, 4) is 0 Å². The van der Waals surface area contributed by atoms with Crippen molar-refractivity contribution in [1.82, 2.24) is 0 Å². The van der Waals surface area contributed by atoms with Crippen LogP contribution >= 0.6 is 0 Å². The molecule has 0 saturated heterocycles. The highest BCUT2D eigenvalue weighted by molar-refractivity contribution is 5.70. The van der Waals surface area contributed by atoms with E-state index in [2.05, 4.69) is 123 Å². The van der Waals surface area contributed by atoms with Crippen molar-refractivity contribution in [2.75, 3.05) is 47.5 Å².